The van der Waals surface area contributed by atoms with E-state index >= 15 is 0 Å². The van der Waals surface area contributed by atoms with Gasteiger partial charge in [0.2, 0.25) is 0 Å². The Labute approximate surface area is 109 Å². The maximum atomic E-state index is 13.1. The molecule has 1 aromatic heterocycles. The molecule has 0 saturated heterocycles. The van der Waals surface area contributed by atoms with E-state index in [2.05, 4.69) is 23.7 Å². The molecular weight excluding hydrogens is 252 g/mol. The topological polar surface area (TPSA) is 12.0 Å². The summed E-state index contributed by atoms with van der Waals surface area (Å²) in [6.45, 7) is 4.75. The molecule has 1 atom stereocenters. The molecule has 2 rings (SSSR count). The van der Waals surface area contributed by atoms with E-state index in [1.54, 1.807) is 17.4 Å². The summed E-state index contributed by atoms with van der Waals surface area (Å²) in [5.74, 6) is -1.60. The molecule has 0 aliphatic heterocycles. The molecule has 0 aliphatic carbocycles. The van der Waals surface area contributed by atoms with E-state index in [1.807, 2.05) is 6.92 Å². The smallest absolute Gasteiger partial charge is 0.159 e. The zero-order valence-corrected chi connectivity index (χ0v) is 11.2. The second-order valence-electron chi connectivity index (χ2n) is 4.30. The van der Waals surface area contributed by atoms with Gasteiger partial charge >= 0.3 is 0 Å². The number of rotatable bonds is 4. The number of benzene rings is 1. The van der Waals surface area contributed by atoms with Gasteiger partial charge in [0, 0.05) is 17.5 Å². The van der Waals surface area contributed by atoms with Gasteiger partial charge in [0.05, 0.1) is 0 Å². The van der Waals surface area contributed by atoms with Gasteiger partial charge in [-0.2, -0.15) is 0 Å². The van der Waals surface area contributed by atoms with Crippen LogP contribution in [0.4, 0.5) is 8.78 Å². The fourth-order valence-electron chi connectivity index (χ4n) is 1.73. The fourth-order valence-corrected chi connectivity index (χ4v) is 2.59. The monoisotopic (exact) mass is 267 g/mol. The molecule has 0 spiro atoms. The quantitative estimate of drug-likeness (QED) is 0.876. The summed E-state index contributed by atoms with van der Waals surface area (Å²) < 4.78 is 25.9. The van der Waals surface area contributed by atoms with Crippen LogP contribution in [0.2, 0.25) is 0 Å². The molecule has 4 heteroatoms. The lowest BCUT2D eigenvalue weighted by Crippen LogP contribution is -2.18. The Morgan fingerprint density at radius 3 is 2.61 bits per heavy atom. The lowest BCUT2D eigenvalue weighted by Gasteiger charge is -2.14. The number of thiophene rings is 1. The molecule has 0 fully saturated rings. The van der Waals surface area contributed by atoms with Gasteiger partial charge in [0.1, 0.15) is 0 Å². The molecule has 1 unspecified atom stereocenters. The number of aryl methyl sites for hydroxylation is 1. The summed E-state index contributed by atoms with van der Waals surface area (Å²) >= 11 is 1.70. The molecule has 1 N–H and O–H groups in total. The molecule has 0 bridgehead atoms. The van der Waals surface area contributed by atoms with Gasteiger partial charge in [-0.15, -0.1) is 11.3 Å². The van der Waals surface area contributed by atoms with E-state index in [1.165, 1.54) is 22.6 Å². The molecule has 2 aromatic rings. The molecule has 0 aliphatic rings. The number of halogens is 2. The molecule has 1 aromatic carbocycles. The van der Waals surface area contributed by atoms with Gasteiger partial charge in [-0.05, 0) is 48.6 Å². The third-order valence-corrected chi connectivity index (χ3v) is 4.00. The average Bonchev–Trinajstić information content (AvgIpc) is 2.75. The summed E-state index contributed by atoms with van der Waals surface area (Å²) in [7, 11) is 0. The van der Waals surface area contributed by atoms with E-state index in [0.717, 1.165) is 12.1 Å². The lowest BCUT2D eigenvalue weighted by atomic mass is 10.1. The van der Waals surface area contributed by atoms with Crippen LogP contribution in [0.15, 0.2) is 29.6 Å². The number of hydrogen-bond acceptors (Lipinski definition) is 2. The largest absolute Gasteiger partial charge is 0.305 e. The Kier molecular flexibility index (Phi) is 4.09. The van der Waals surface area contributed by atoms with E-state index < -0.39 is 11.6 Å². The van der Waals surface area contributed by atoms with Gasteiger partial charge in [0.15, 0.2) is 11.6 Å². The first-order valence-corrected chi connectivity index (χ1v) is 6.67. The van der Waals surface area contributed by atoms with Crippen molar-refractivity contribution >= 4 is 11.3 Å². The molecule has 18 heavy (non-hydrogen) atoms. The highest BCUT2D eigenvalue weighted by molar-refractivity contribution is 7.10. The summed E-state index contributed by atoms with van der Waals surface area (Å²) in [4.78, 5) is 1.27. The minimum absolute atomic E-state index is 0.0124. The van der Waals surface area contributed by atoms with E-state index in [-0.39, 0.29) is 6.04 Å². The van der Waals surface area contributed by atoms with Gasteiger partial charge in [-0.25, -0.2) is 8.78 Å². The van der Waals surface area contributed by atoms with Crippen molar-refractivity contribution in [2.75, 3.05) is 0 Å². The van der Waals surface area contributed by atoms with Crippen LogP contribution >= 0.6 is 11.3 Å². The van der Waals surface area contributed by atoms with Crippen LogP contribution < -0.4 is 5.32 Å². The van der Waals surface area contributed by atoms with Crippen molar-refractivity contribution in [1.82, 2.24) is 5.32 Å². The fraction of sp³-hybridized carbons (Fsp3) is 0.286. The van der Waals surface area contributed by atoms with Crippen molar-refractivity contribution in [3.63, 3.8) is 0 Å². The van der Waals surface area contributed by atoms with Crippen molar-refractivity contribution < 1.29 is 8.78 Å². The molecule has 1 heterocycles. The number of nitrogens with one attached hydrogen (secondary N) is 1. The van der Waals surface area contributed by atoms with Crippen molar-refractivity contribution in [2.24, 2.45) is 0 Å². The average molecular weight is 267 g/mol. The van der Waals surface area contributed by atoms with Gasteiger partial charge in [-0.3, -0.25) is 0 Å². The molecule has 96 valence electrons. The summed E-state index contributed by atoms with van der Waals surface area (Å²) in [5, 5.41) is 5.36. The predicted octanol–water partition coefficient (Wildman–Crippen LogP) is 4.19. The van der Waals surface area contributed by atoms with Crippen LogP contribution in [0, 0.1) is 18.6 Å². The lowest BCUT2D eigenvalue weighted by molar-refractivity contribution is 0.501. The first-order chi connectivity index (χ1) is 8.58. The van der Waals surface area contributed by atoms with Gasteiger partial charge in [-0.1, -0.05) is 6.07 Å². The van der Waals surface area contributed by atoms with Crippen LogP contribution in [0.5, 0.6) is 0 Å². The van der Waals surface area contributed by atoms with Crippen molar-refractivity contribution in [1.29, 1.82) is 0 Å². The van der Waals surface area contributed by atoms with Crippen LogP contribution in [0.3, 0.4) is 0 Å². The molecule has 1 nitrogen and oxygen atoms in total. The van der Waals surface area contributed by atoms with E-state index in [0.29, 0.717) is 0 Å². The summed E-state index contributed by atoms with van der Waals surface area (Å²) in [6.07, 6.45) is 0. The van der Waals surface area contributed by atoms with Gasteiger partial charge in [0.25, 0.3) is 0 Å². The minimum atomic E-state index is -0.806. The first kappa shape index (κ1) is 13.2. The third kappa shape index (κ3) is 2.94. The van der Waals surface area contributed by atoms with E-state index in [9.17, 15) is 8.78 Å². The maximum Gasteiger partial charge on any atom is 0.159 e. The Bertz CT molecular complexity index is 536. The maximum absolute atomic E-state index is 13.1. The SMILES string of the molecule is Cc1ccsc1CNC(C)c1ccc(F)c(F)c1. The minimum Gasteiger partial charge on any atom is -0.305 e. The second kappa shape index (κ2) is 5.59. The Balaban J connectivity index is 2.01. The first-order valence-electron chi connectivity index (χ1n) is 5.79. The van der Waals surface area contributed by atoms with E-state index in [4.69, 9.17) is 0 Å². The van der Waals surface area contributed by atoms with Crippen molar-refractivity contribution in [3.05, 3.63) is 57.3 Å². The highest BCUT2D eigenvalue weighted by Crippen LogP contribution is 2.19. The Morgan fingerprint density at radius 1 is 1.22 bits per heavy atom. The zero-order valence-electron chi connectivity index (χ0n) is 10.3. The Hall–Kier alpha value is -1.26. The molecule has 0 amide bonds. The van der Waals surface area contributed by atoms with Crippen LogP contribution in [-0.2, 0) is 6.54 Å². The highest BCUT2D eigenvalue weighted by Gasteiger charge is 2.09. The van der Waals surface area contributed by atoms with Crippen LogP contribution in [0.1, 0.15) is 29.0 Å². The summed E-state index contributed by atoms with van der Waals surface area (Å²) in [6, 6.07) is 6.08. The predicted molar refractivity (Wildman–Crippen MR) is 70.7 cm³/mol. The molecular formula is C14H15F2NS. The second-order valence-corrected chi connectivity index (χ2v) is 5.30. The van der Waals surface area contributed by atoms with Crippen LogP contribution in [0.25, 0.3) is 0 Å². The third-order valence-electron chi connectivity index (χ3n) is 2.98. The van der Waals surface area contributed by atoms with Crippen LogP contribution in [-0.4, -0.2) is 0 Å². The normalized spacial score (nSPS) is 12.7. The summed E-state index contributed by atoms with van der Waals surface area (Å²) in [5.41, 5.74) is 2.01. The standard InChI is InChI=1S/C14H15F2NS/c1-9-5-6-18-14(9)8-17-10(2)11-3-4-12(15)13(16)7-11/h3-7,10,17H,8H2,1-2H3. The van der Waals surface area contributed by atoms with Gasteiger partial charge < -0.3 is 5.32 Å². The number of hydrogen-bond donors (Lipinski definition) is 1. The van der Waals surface area contributed by atoms with Crippen molar-refractivity contribution in [3.8, 4) is 0 Å². The molecule has 0 saturated carbocycles. The Morgan fingerprint density at radius 2 is 2.00 bits per heavy atom. The highest BCUT2D eigenvalue weighted by atomic mass is 32.1. The molecule has 0 radical (unpaired) electrons. The van der Waals surface area contributed by atoms with Crippen molar-refractivity contribution in [2.45, 2.75) is 26.4 Å². The zero-order chi connectivity index (χ0) is 13.1.